The monoisotopic (exact) mass is 854 g/mol. The van der Waals surface area contributed by atoms with Crippen molar-refractivity contribution in [3.8, 4) is 23.0 Å². The summed E-state index contributed by atoms with van der Waals surface area (Å²) in [5.41, 5.74) is 2.48. The largest absolute Gasteiger partial charge is 0.490 e. The maximum Gasteiger partial charge on any atom is 0.343 e. The number of ether oxygens (including phenoxy) is 4. The minimum atomic E-state index is -0.445. The number of unbranched alkanes of at least 4 members (excludes halogenated alkanes) is 27. The van der Waals surface area contributed by atoms with E-state index in [1.54, 1.807) is 24.5 Å². The Morgan fingerprint density at radius 1 is 0.435 bits per heavy atom. The number of pyridine rings is 1. The van der Waals surface area contributed by atoms with Gasteiger partial charge in [-0.15, -0.1) is 0 Å². The van der Waals surface area contributed by atoms with Gasteiger partial charge in [-0.05, 0) is 66.8 Å². The number of hydrogen-bond donors (Lipinski definition) is 0. The molecule has 0 atom stereocenters. The zero-order valence-corrected chi connectivity index (χ0v) is 39.8. The van der Waals surface area contributed by atoms with Gasteiger partial charge in [0.2, 0.25) is 5.75 Å². The van der Waals surface area contributed by atoms with Crippen molar-refractivity contribution in [2.24, 2.45) is 0 Å². The number of aromatic nitrogens is 1. The summed E-state index contributed by atoms with van der Waals surface area (Å²) in [6.07, 6.45) is 45.5. The molecule has 62 heavy (non-hydrogen) atoms. The minimum Gasteiger partial charge on any atom is -0.490 e. The molecule has 0 aliphatic rings. The molecule has 0 fully saturated rings. The van der Waals surface area contributed by atoms with Crippen LogP contribution in [-0.4, -0.2) is 30.8 Å². The van der Waals surface area contributed by atoms with Crippen LogP contribution in [0.5, 0.6) is 23.0 Å². The Morgan fingerprint density at radius 2 is 0.774 bits per heavy atom. The molecule has 6 nitrogen and oxygen atoms in total. The third-order valence-electron chi connectivity index (χ3n) is 11.8. The SMILES string of the molecule is CCCCCCCCCCCCOc1cc(C(=O)Oc2ccc(/C=C/c3ccncc3)cc2)cc(OCCCCCCCCCCCC)c1OCCCCCCCCCCCC. The van der Waals surface area contributed by atoms with Crippen molar-refractivity contribution in [3.63, 3.8) is 0 Å². The van der Waals surface area contributed by atoms with Crippen molar-refractivity contribution in [3.05, 3.63) is 77.6 Å². The van der Waals surface area contributed by atoms with Gasteiger partial charge >= 0.3 is 5.97 Å². The summed E-state index contributed by atoms with van der Waals surface area (Å²) in [4.78, 5) is 17.9. The van der Waals surface area contributed by atoms with Crippen molar-refractivity contribution in [1.29, 1.82) is 0 Å². The van der Waals surface area contributed by atoms with E-state index in [4.69, 9.17) is 18.9 Å². The van der Waals surface area contributed by atoms with Gasteiger partial charge in [-0.25, -0.2) is 4.79 Å². The number of rotatable bonds is 40. The van der Waals surface area contributed by atoms with Gasteiger partial charge in [-0.3, -0.25) is 4.98 Å². The highest BCUT2D eigenvalue weighted by Crippen LogP contribution is 2.40. The molecule has 0 amide bonds. The van der Waals surface area contributed by atoms with Crippen molar-refractivity contribution < 1.29 is 23.7 Å². The maximum atomic E-state index is 13.8. The standard InChI is InChI=1S/C56H87NO5/c1-4-7-10-13-16-19-22-25-28-31-44-59-53-47-51(56(58)62-52-38-36-49(37-39-52)34-35-50-40-42-57-43-41-50)48-54(60-45-32-29-26-23-20-17-14-11-8-5-2)55(53)61-46-33-30-27-24-21-18-15-12-9-6-3/h34-43,47-48H,4-33,44-46H2,1-3H3/b35-34+. The van der Waals surface area contributed by atoms with Crippen LogP contribution in [0.1, 0.15) is 235 Å². The Morgan fingerprint density at radius 3 is 1.16 bits per heavy atom. The average molecular weight is 854 g/mol. The summed E-state index contributed by atoms with van der Waals surface area (Å²) in [7, 11) is 0. The molecule has 0 saturated heterocycles. The van der Waals surface area contributed by atoms with Gasteiger partial charge in [0.1, 0.15) is 5.75 Å². The molecule has 3 rings (SSSR count). The van der Waals surface area contributed by atoms with Crippen molar-refractivity contribution in [2.75, 3.05) is 19.8 Å². The van der Waals surface area contributed by atoms with Gasteiger partial charge < -0.3 is 18.9 Å². The first kappa shape index (κ1) is 52.5. The molecular formula is C56H87NO5. The summed E-state index contributed by atoms with van der Waals surface area (Å²) in [5, 5.41) is 0. The Bertz CT molecular complexity index is 1490. The van der Waals surface area contributed by atoms with Crippen LogP contribution in [0.25, 0.3) is 12.2 Å². The van der Waals surface area contributed by atoms with Gasteiger partial charge in [-0.2, -0.15) is 0 Å². The highest BCUT2D eigenvalue weighted by Gasteiger charge is 2.21. The number of benzene rings is 2. The molecule has 346 valence electrons. The van der Waals surface area contributed by atoms with E-state index in [0.29, 0.717) is 48.4 Å². The molecule has 1 heterocycles. The second kappa shape index (κ2) is 36.7. The summed E-state index contributed by atoms with van der Waals surface area (Å²) >= 11 is 0. The normalized spacial score (nSPS) is 11.3. The molecular weight excluding hydrogens is 767 g/mol. The Balaban J connectivity index is 1.67. The van der Waals surface area contributed by atoms with Crippen molar-refractivity contribution >= 4 is 18.1 Å². The molecule has 0 unspecified atom stereocenters. The van der Waals surface area contributed by atoms with E-state index in [9.17, 15) is 4.79 Å². The van der Waals surface area contributed by atoms with E-state index in [1.807, 2.05) is 48.6 Å². The first-order valence-electron chi connectivity index (χ1n) is 25.6. The molecule has 0 aliphatic carbocycles. The third-order valence-corrected chi connectivity index (χ3v) is 11.8. The molecule has 1 aromatic heterocycles. The number of esters is 1. The smallest absolute Gasteiger partial charge is 0.343 e. The molecule has 6 heteroatoms. The van der Waals surface area contributed by atoms with Crippen molar-refractivity contribution in [2.45, 2.75) is 213 Å². The first-order valence-corrected chi connectivity index (χ1v) is 25.6. The third kappa shape index (κ3) is 25.3. The summed E-state index contributed by atoms with van der Waals surface area (Å²) in [5.74, 6) is 1.79. The zero-order chi connectivity index (χ0) is 44.0. The van der Waals surface area contributed by atoms with Gasteiger partial charge in [-0.1, -0.05) is 218 Å². The molecule has 3 aromatic rings. The van der Waals surface area contributed by atoms with Crippen LogP contribution in [0.2, 0.25) is 0 Å². The quantitative estimate of drug-likeness (QED) is 0.0322. The predicted octanol–water partition coefficient (Wildman–Crippen LogP) is 17.4. The lowest BCUT2D eigenvalue weighted by molar-refractivity contribution is 0.0733. The van der Waals surface area contributed by atoms with Crippen molar-refractivity contribution in [1.82, 2.24) is 4.98 Å². The van der Waals surface area contributed by atoms with Gasteiger partial charge in [0.25, 0.3) is 0 Å². The second-order valence-corrected chi connectivity index (χ2v) is 17.5. The second-order valence-electron chi connectivity index (χ2n) is 17.5. The maximum absolute atomic E-state index is 13.8. The Kier molecular flexibility index (Phi) is 31.1. The lowest BCUT2D eigenvalue weighted by atomic mass is 10.1. The lowest BCUT2D eigenvalue weighted by Gasteiger charge is -2.19. The molecule has 0 aliphatic heterocycles. The predicted molar refractivity (Wildman–Crippen MR) is 263 cm³/mol. The highest BCUT2D eigenvalue weighted by molar-refractivity contribution is 5.92. The van der Waals surface area contributed by atoms with Crippen LogP contribution in [-0.2, 0) is 0 Å². The molecule has 0 spiro atoms. The number of nitrogens with zero attached hydrogens (tertiary/aromatic N) is 1. The lowest BCUT2D eigenvalue weighted by Crippen LogP contribution is -2.12. The summed E-state index contributed by atoms with van der Waals surface area (Å²) in [6, 6.07) is 15.1. The minimum absolute atomic E-state index is 0.397. The van der Waals surface area contributed by atoms with Crippen LogP contribution >= 0.6 is 0 Å². The number of carbonyl (C=O) groups excluding carboxylic acids is 1. The van der Waals surface area contributed by atoms with E-state index >= 15 is 0 Å². The fourth-order valence-electron chi connectivity index (χ4n) is 7.84. The van der Waals surface area contributed by atoms with E-state index in [-0.39, 0.29) is 0 Å². The van der Waals surface area contributed by atoms with E-state index < -0.39 is 5.97 Å². The first-order chi connectivity index (χ1) is 30.6. The van der Waals surface area contributed by atoms with E-state index in [1.165, 1.54) is 154 Å². The Labute approximate surface area is 379 Å². The van der Waals surface area contributed by atoms with Gasteiger partial charge in [0, 0.05) is 12.4 Å². The molecule has 0 N–H and O–H groups in total. The summed E-state index contributed by atoms with van der Waals surface area (Å²) < 4.78 is 25.5. The van der Waals surface area contributed by atoms with E-state index in [2.05, 4.69) is 25.8 Å². The van der Waals surface area contributed by atoms with Crippen LogP contribution in [0.3, 0.4) is 0 Å². The van der Waals surface area contributed by atoms with Gasteiger partial charge in [0.05, 0.1) is 25.4 Å². The average Bonchev–Trinajstić information content (AvgIpc) is 3.29. The molecule has 0 radical (unpaired) electrons. The topological polar surface area (TPSA) is 66.9 Å². The molecule has 0 saturated carbocycles. The highest BCUT2D eigenvalue weighted by atomic mass is 16.5. The van der Waals surface area contributed by atoms with Crippen LogP contribution in [0.15, 0.2) is 60.9 Å². The van der Waals surface area contributed by atoms with Crippen LogP contribution < -0.4 is 18.9 Å². The van der Waals surface area contributed by atoms with Crippen LogP contribution in [0, 0.1) is 0 Å². The zero-order valence-electron chi connectivity index (χ0n) is 39.8. The Hall–Kier alpha value is -3.80. The van der Waals surface area contributed by atoms with E-state index in [0.717, 1.165) is 49.7 Å². The van der Waals surface area contributed by atoms with Crippen LogP contribution in [0.4, 0.5) is 0 Å². The number of carbonyl (C=O) groups is 1. The summed E-state index contributed by atoms with van der Waals surface area (Å²) in [6.45, 7) is 8.54. The number of hydrogen-bond acceptors (Lipinski definition) is 6. The molecule has 0 bridgehead atoms. The fourth-order valence-corrected chi connectivity index (χ4v) is 7.84. The van der Waals surface area contributed by atoms with Gasteiger partial charge in [0.15, 0.2) is 11.5 Å². The molecule has 2 aromatic carbocycles. The fraction of sp³-hybridized carbons (Fsp3) is 0.643.